The first-order chi connectivity index (χ1) is 7.58. The fraction of sp³-hybridized carbons (Fsp3) is 0.556. The van der Waals surface area contributed by atoms with Crippen LogP contribution in [0.1, 0.15) is 13.3 Å². The number of nitrogens with zero attached hydrogens (tertiary/aromatic N) is 3. The molecule has 0 spiro atoms. The van der Waals surface area contributed by atoms with E-state index < -0.39 is 5.97 Å². The topological polar surface area (TPSA) is 97.1 Å². The number of carbonyl (C=O) groups is 2. The molecule has 0 radical (unpaired) electrons. The van der Waals surface area contributed by atoms with Crippen molar-refractivity contribution in [3.63, 3.8) is 0 Å². The quantitative estimate of drug-likeness (QED) is 0.681. The molecule has 1 unspecified atom stereocenters. The molecule has 0 aliphatic heterocycles. The van der Waals surface area contributed by atoms with Crippen molar-refractivity contribution in [1.82, 2.24) is 20.1 Å². The molecule has 7 heteroatoms. The second-order valence-corrected chi connectivity index (χ2v) is 3.60. The van der Waals surface area contributed by atoms with E-state index in [9.17, 15) is 9.59 Å². The third-order valence-corrected chi connectivity index (χ3v) is 1.94. The summed E-state index contributed by atoms with van der Waals surface area (Å²) in [4.78, 5) is 25.4. The number of amides is 1. The Morgan fingerprint density at radius 3 is 2.88 bits per heavy atom. The van der Waals surface area contributed by atoms with Crippen LogP contribution >= 0.6 is 0 Å². The SMILES string of the molecule is CC(CNC(=O)Cn1cncn1)CC(=O)O. The molecule has 0 aliphatic carbocycles. The Balaban J connectivity index is 2.22. The minimum atomic E-state index is -0.863. The number of carboxylic acids is 1. The second-order valence-electron chi connectivity index (χ2n) is 3.60. The Morgan fingerprint density at radius 1 is 1.56 bits per heavy atom. The maximum atomic E-state index is 11.4. The molecule has 1 aromatic rings. The summed E-state index contributed by atoms with van der Waals surface area (Å²) in [5.74, 6) is -1.15. The minimum absolute atomic E-state index is 0.0452. The molecule has 0 saturated carbocycles. The van der Waals surface area contributed by atoms with Gasteiger partial charge in [0.1, 0.15) is 19.2 Å². The van der Waals surface area contributed by atoms with Gasteiger partial charge in [0.2, 0.25) is 5.91 Å². The van der Waals surface area contributed by atoms with Gasteiger partial charge in [-0.1, -0.05) is 6.92 Å². The van der Waals surface area contributed by atoms with Gasteiger partial charge >= 0.3 is 5.97 Å². The lowest BCUT2D eigenvalue weighted by molar-refractivity contribution is -0.138. The van der Waals surface area contributed by atoms with Crippen LogP contribution in [0.5, 0.6) is 0 Å². The molecular formula is C9H14N4O3. The Kier molecular flexibility index (Phi) is 4.43. The molecule has 1 rings (SSSR count). The van der Waals surface area contributed by atoms with Crippen molar-refractivity contribution >= 4 is 11.9 Å². The molecule has 0 fully saturated rings. The number of nitrogens with one attached hydrogen (secondary N) is 1. The molecule has 88 valence electrons. The lowest BCUT2D eigenvalue weighted by atomic mass is 10.1. The van der Waals surface area contributed by atoms with Crippen LogP contribution in [0.25, 0.3) is 0 Å². The normalized spacial score (nSPS) is 12.1. The standard InChI is InChI=1S/C9H14N4O3/c1-7(2-9(15)16)3-11-8(14)4-13-6-10-5-12-13/h5-7H,2-4H2,1H3,(H,11,14)(H,15,16). The van der Waals surface area contributed by atoms with Crippen LogP contribution in [-0.2, 0) is 16.1 Å². The van der Waals surface area contributed by atoms with Gasteiger partial charge in [-0.05, 0) is 5.92 Å². The van der Waals surface area contributed by atoms with E-state index in [1.807, 2.05) is 0 Å². The molecule has 0 saturated heterocycles. The van der Waals surface area contributed by atoms with Crippen molar-refractivity contribution < 1.29 is 14.7 Å². The van der Waals surface area contributed by atoms with Crippen LogP contribution < -0.4 is 5.32 Å². The maximum Gasteiger partial charge on any atom is 0.303 e. The molecular weight excluding hydrogens is 212 g/mol. The predicted octanol–water partition coefficient (Wildman–Crippen LogP) is -0.495. The van der Waals surface area contributed by atoms with Crippen molar-refractivity contribution in [2.45, 2.75) is 19.9 Å². The summed E-state index contributed by atoms with van der Waals surface area (Å²) in [6.45, 7) is 2.21. The predicted molar refractivity (Wildman–Crippen MR) is 54.4 cm³/mol. The molecule has 16 heavy (non-hydrogen) atoms. The van der Waals surface area contributed by atoms with E-state index >= 15 is 0 Å². The van der Waals surface area contributed by atoms with E-state index in [4.69, 9.17) is 5.11 Å². The first-order valence-corrected chi connectivity index (χ1v) is 4.89. The highest BCUT2D eigenvalue weighted by Crippen LogP contribution is 1.99. The molecule has 1 amide bonds. The molecule has 7 nitrogen and oxygen atoms in total. The monoisotopic (exact) mass is 226 g/mol. The van der Waals surface area contributed by atoms with Crippen LogP contribution in [0.3, 0.4) is 0 Å². The lowest BCUT2D eigenvalue weighted by Gasteiger charge is -2.09. The van der Waals surface area contributed by atoms with Gasteiger partial charge in [-0.2, -0.15) is 5.10 Å². The van der Waals surface area contributed by atoms with Crippen molar-refractivity contribution in [1.29, 1.82) is 0 Å². The largest absolute Gasteiger partial charge is 0.481 e. The van der Waals surface area contributed by atoms with E-state index in [0.717, 1.165) is 0 Å². The Labute approximate surface area is 92.5 Å². The fourth-order valence-corrected chi connectivity index (χ4v) is 1.18. The van der Waals surface area contributed by atoms with E-state index in [-0.39, 0.29) is 24.8 Å². The average Bonchev–Trinajstić information content (AvgIpc) is 2.66. The Hall–Kier alpha value is -1.92. The first kappa shape index (κ1) is 12.2. The van der Waals surface area contributed by atoms with Crippen molar-refractivity contribution in [2.75, 3.05) is 6.54 Å². The number of hydrogen-bond donors (Lipinski definition) is 2. The van der Waals surface area contributed by atoms with Gasteiger partial charge in [0.05, 0.1) is 0 Å². The number of carboxylic acid groups (broad SMARTS) is 1. The van der Waals surface area contributed by atoms with Crippen LogP contribution in [0.2, 0.25) is 0 Å². The molecule has 0 bridgehead atoms. The Morgan fingerprint density at radius 2 is 2.31 bits per heavy atom. The van der Waals surface area contributed by atoms with Gasteiger partial charge in [0, 0.05) is 13.0 Å². The Bertz CT molecular complexity index is 350. The summed E-state index contributed by atoms with van der Waals surface area (Å²) in [6.07, 6.45) is 2.84. The van der Waals surface area contributed by atoms with Gasteiger partial charge in [-0.25, -0.2) is 9.67 Å². The third kappa shape index (κ3) is 4.54. The summed E-state index contributed by atoms with van der Waals surface area (Å²) in [7, 11) is 0. The molecule has 1 aromatic heterocycles. The highest BCUT2D eigenvalue weighted by Gasteiger charge is 2.09. The summed E-state index contributed by atoms with van der Waals surface area (Å²) in [6, 6.07) is 0. The van der Waals surface area contributed by atoms with Crippen LogP contribution in [0, 0.1) is 5.92 Å². The van der Waals surface area contributed by atoms with E-state index in [0.29, 0.717) is 6.54 Å². The third-order valence-electron chi connectivity index (χ3n) is 1.94. The number of aromatic nitrogens is 3. The smallest absolute Gasteiger partial charge is 0.303 e. The number of rotatable bonds is 6. The van der Waals surface area contributed by atoms with E-state index in [1.54, 1.807) is 6.92 Å². The van der Waals surface area contributed by atoms with Crippen LogP contribution in [-0.4, -0.2) is 38.3 Å². The maximum absolute atomic E-state index is 11.4. The zero-order chi connectivity index (χ0) is 12.0. The minimum Gasteiger partial charge on any atom is -0.481 e. The van der Waals surface area contributed by atoms with Gasteiger partial charge in [-0.15, -0.1) is 0 Å². The second kappa shape index (κ2) is 5.84. The van der Waals surface area contributed by atoms with Crippen LogP contribution in [0.4, 0.5) is 0 Å². The highest BCUT2D eigenvalue weighted by atomic mass is 16.4. The average molecular weight is 226 g/mol. The van der Waals surface area contributed by atoms with Crippen molar-refractivity contribution in [3.8, 4) is 0 Å². The van der Waals surface area contributed by atoms with Crippen molar-refractivity contribution in [3.05, 3.63) is 12.7 Å². The summed E-state index contributed by atoms with van der Waals surface area (Å²) < 4.78 is 1.40. The molecule has 0 aromatic carbocycles. The summed E-state index contributed by atoms with van der Waals surface area (Å²) in [5, 5.41) is 14.9. The van der Waals surface area contributed by atoms with Gasteiger partial charge in [0.15, 0.2) is 0 Å². The molecule has 1 atom stereocenters. The number of carbonyl (C=O) groups excluding carboxylic acids is 1. The molecule has 2 N–H and O–H groups in total. The highest BCUT2D eigenvalue weighted by molar-refractivity contribution is 5.75. The molecule has 1 heterocycles. The number of hydrogen-bond acceptors (Lipinski definition) is 4. The van der Waals surface area contributed by atoms with Gasteiger partial charge in [-0.3, -0.25) is 9.59 Å². The zero-order valence-electron chi connectivity index (χ0n) is 8.96. The van der Waals surface area contributed by atoms with Crippen LogP contribution in [0.15, 0.2) is 12.7 Å². The van der Waals surface area contributed by atoms with Crippen molar-refractivity contribution in [2.24, 2.45) is 5.92 Å². The summed E-state index contributed by atoms with van der Waals surface area (Å²) >= 11 is 0. The zero-order valence-corrected chi connectivity index (χ0v) is 8.96. The van der Waals surface area contributed by atoms with Gasteiger partial charge in [0.25, 0.3) is 0 Å². The van der Waals surface area contributed by atoms with E-state index in [1.165, 1.54) is 17.3 Å². The fourth-order valence-electron chi connectivity index (χ4n) is 1.18. The first-order valence-electron chi connectivity index (χ1n) is 4.89. The molecule has 0 aliphatic rings. The lowest BCUT2D eigenvalue weighted by Crippen LogP contribution is -2.32. The summed E-state index contributed by atoms with van der Waals surface area (Å²) in [5.41, 5.74) is 0. The van der Waals surface area contributed by atoms with E-state index in [2.05, 4.69) is 15.4 Å². The van der Waals surface area contributed by atoms with Gasteiger partial charge < -0.3 is 10.4 Å². The number of aliphatic carboxylic acids is 1.